The molecule has 0 atom stereocenters. The molecule has 17 heavy (non-hydrogen) atoms. The van der Waals surface area contributed by atoms with Crippen LogP contribution < -0.4 is 10.6 Å². The largest absolute Gasteiger partial charge is 0.357 e. The average Bonchev–Trinajstić information content (AvgIpc) is 2.79. The Balaban J connectivity index is 0.00000256. The fourth-order valence-electron chi connectivity index (χ4n) is 1.17. The number of hydrogen-bond donors (Lipinski definition) is 2. The smallest absolute Gasteiger partial charge is 0.192 e. The van der Waals surface area contributed by atoms with Gasteiger partial charge in [0.25, 0.3) is 0 Å². The van der Waals surface area contributed by atoms with Gasteiger partial charge in [-0.15, -0.1) is 30.4 Å². The van der Waals surface area contributed by atoms with Crippen molar-refractivity contribution in [1.29, 1.82) is 0 Å². The van der Waals surface area contributed by atoms with Crippen molar-refractivity contribution < 1.29 is 0 Å². The van der Waals surface area contributed by atoms with E-state index in [0.29, 0.717) is 13.1 Å². The monoisotopic (exact) mass is 347 g/mol. The predicted molar refractivity (Wildman–Crippen MR) is 80.5 cm³/mol. The maximum absolute atomic E-state index is 5.17. The number of halogens is 1. The Morgan fingerprint density at radius 2 is 2.35 bits per heavy atom. The molecule has 0 saturated carbocycles. The van der Waals surface area contributed by atoms with E-state index in [1.807, 2.05) is 17.7 Å². The fraction of sp³-hybridized carbons (Fsp3) is 0.455. The molecule has 0 unspecified atom stereocenters. The number of hydrogen-bond acceptors (Lipinski definition) is 2. The van der Waals surface area contributed by atoms with Gasteiger partial charge in [0, 0.05) is 25.5 Å². The van der Waals surface area contributed by atoms with Gasteiger partial charge < -0.3 is 15.2 Å². The van der Waals surface area contributed by atoms with Gasteiger partial charge in [0.05, 0.1) is 19.4 Å². The molecule has 0 amide bonds. The Labute approximate surface area is 119 Å². The first-order chi connectivity index (χ1) is 7.86. The Kier molecular flexibility index (Phi) is 9.24. The number of aromatic nitrogens is 2. The van der Waals surface area contributed by atoms with Gasteiger partial charge in [0.15, 0.2) is 5.96 Å². The summed E-state index contributed by atoms with van der Waals surface area (Å²) in [4.78, 5) is 8.34. The minimum Gasteiger partial charge on any atom is -0.357 e. The summed E-state index contributed by atoms with van der Waals surface area (Å²) >= 11 is 0. The second-order valence-corrected chi connectivity index (χ2v) is 3.12. The maximum Gasteiger partial charge on any atom is 0.192 e. The standard InChI is InChI=1S/C11H17N5.HI/c1-3-5-14-11(13-4-2)15-7-9-16-8-6-12-10-16;/h1,6,8,10H,4-5,7,9H2,2H3,(H2,13,14,15);1H. The van der Waals surface area contributed by atoms with E-state index in [1.54, 1.807) is 12.5 Å². The Morgan fingerprint density at radius 1 is 1.53 bits per heavy atom. The lowest BCUT2D eigenvalue weighted by Crippen LogP contribution is -2.37. The van der Waals surface area contributed by atoms with Crippen molar-refractivity contribution in [2.24, 2.45) is 4.99 Å². The van der Waals surface area contributed by atoms with E-state index in [2.05, 4.69) is 26.5 Å². The van der Waals surface area contributed by atoms with Gasteiger partial charge in [-0.25, -0.2) is 4.98 Å². The zero-order valence-electron chi connectivity index (χ0n) is 9.89. The highest BCUT2D eigenvalue weighted by Crippen LogP contribution is 1.86. The van der Waals surface area contributed by atoms with Gasteiger partial charge in [-0.2, -0.15) is 0 Å². The van der Waals surface area contributed by atoms with Gasteiger partial charge in [-0.05, 0) is 6.92 Å². The van der Waals surface area contributed by atoms with E-state index >= 15 is 0 Å². The number of aliphatic imine (C=N–C) groups is 1. The summed E-state index contributed by atoms with van der Waals surface area (Å²) in [7, 11) is 0. The summed E-state index contributed by atoms with van der Waals surface area (Å²) in [5.74, 6) is 3.26. The lowest BCUT2D eigenvalue weighted by Gasteiger charge is -2.08. The predicted octanol–water partition coefficient (Wildman–Crippen LogP) is 0.689. The highest BCUT2D eigenvalue weighted by Gasteiger charge is 1.94. The number of rotatable bonds is 5. The highest BCUT2D eigenvalue weighted by molar-refractivity contribution is 14.0. The number of imidazole rings is 1. The van der Waals surface area contributed by atoms with Crippen LogP contribution in [0.25, 0.3) is 0 Å². The molecule has 0 aliphatic rings. The summed E-state index contributed by atoms with van der Waals surface area (Å²) in [5, 5.41) is 6.14. The van der Waals surface area contributed by atoms with Crippen molar-refractivity contribution in [2.45, 2.75) is 13.5 Å². The van der Waals surface area contributed by atoms with Crippen LogP contribution in [0, 0.1) is 12.3 Å². The van der Waals surface area contributed by atoms with Crippen LogP contribution >= 0.6 is 24.0 Å². The van der Waals surface area contributed by atoms with E-state index in [0.717, 1.165) is 19.0 Å². The molecule has 1 aromatic heterocycles. The van der Waals surface area contributed by atoms with Crippen LogP contribution in [0.3, 0.4) is 0 Å². The number of guanidine groups is 1. The van der Waals surface area contributed by atoms with Crippen molar-refractivity contribution in [2.75, 3.05) is 19.6 Å². The van der Waals surface area contributed by atoms with Gasteiger partial charge in [0.2, 0.25) is 0 Å². The first-order valence-electron chi connectivity index (χ1n) is 5.28. The van der Waals surface area contributed by atoms with Crippen LogP contribution in [0.1, 0.15) is 6.92 Å². The van der Waals surface area contributed by atoms with Crippen molar-refractivity contribution >= 4 is 29.9 Å². The van der Waals surface area contributed by atoms with Crippen molar-refractivity contribution in [3.8, 4) is 12.3 Å². The lowest BCUT2D eigenvalue weighted by atomic mass is 10.6. The minimum atomic E-state index is 0. The molecule has 94 valence electrons. The third kappa shape index (κ3) is 6.84. The molecule has 5 nitrogen and oxygen atoms in total. The van der Waals surface area contributed by atoms with Crippen molar-refractivity contribution in [3.63, 3.8) is 0 Å². The topological polar surface area (TPSA) is 54.2 Å². The number of nitrogens with one attached hydrogen (secondary N) is 2. The van der Waals surface area contributed by atoms with E-state index in [4.69, 9.17) is 6.42 Å². The molecule has 0 aromatic carbocycles. The molecular formula is C11H18IN5. The summed E-state index contributed by atoms with van der Waals surface area (Å²) in [5.41, 5.74) is 0. The number of terminal acetylenes is 1. The number of nitrogens with zero attached hydrogens (tertiary/aromatic N) is 3. The van der Waals surface area contributed by atoms with Crippen LogP contribution in [0.15, 0.2) is 23.7 Å². The lowest BCUT2D eigenvalue weighted by molar-refractivity contribution is 0.701. The minimum absolute atomic E-state index is 0. The first kappa shape index (κ1) is 15.8. The molecule has 1 aromatic rings. The van der Waals surface area contributed by atoms with E-state index in [-0.39, 0.29) is 24.0 Å². The molecular weight excluding hydrogens is 329 g/mol. The Bertz CT molecular complexity index is 352. The zero-order valence-corrected chi connectivity index (χ0v) is 12.2. The Hall–Kier alpha value is -1.23. The Morgan fingerprint density at radius 3 is 2.94 bits per heavy atom. The van der Waals surface area contributed by atoms with Crippen LogP contribution in [0.2, 0.25) is 0 Å². The van der Waals surface area contributed by atoms with Crippen LogP contribution in [-0.2, 0) is 6.54 Å². The van der Waals surface area contributed by atoms with Crippen molar-refractivity contribution in [3.05, 3.63) is 18.7 Å². The molecule has 0 fully saturated rings. The maximum atomic E-state index is 5.17. The summed E-state index contributed by atoms with van der Waals surface area (Å²) < 4.78 is 1.98. The quantitative estimate of drug-likeness (QED) is 0.357. The normalized spacial score (nSPS) is 10.2. The van der Waals surface area contributed by atoms with Gasteiger partial charge >= 0.3 is 0 Å². The summed E-state index contributed by atoms with van der Waals surface area (Å²) in [6.45, 7) is 4.82. The molecule has 0 aliphatic heterocycles. The SMILES string of the molecule is C#CCNC(=NCCn1ccnc1)NCC.I. The molecule has 0 radical (unpaired) electrons. The van der Waals surface area contributed by atoms with Gasteiger partial charge in [-0.1, -0.05) is 5.92 Å². The van der Waals surface area contributed by atoms with Gasteiger partial charge in [0.1, 0.15) is 0 Å². The van der Waals surface area contributed by atoms with E-state index in [1.165, 1.54) is 0 Å². The zero-order chi connectivity index (χ0) is 11.6. The summed E-state index contributed by atoms with van der Waals surface area (Å²) in [6, 6.07) is 0. The van der Waals surface area contributed by atoms with E-state index < -0.39 is 0 Å². The third-order valence-electron chi connectivity index (χ3n) is 1.89. The first-order valence-corrected chi connectivity index (χ1v) is 5.28. The molecule has 6 heteroatoms. The van der Waals surface area contributed by atoms with Crippen molar-refractivity contribution in [1.82, 2.24) is 20.2 Å². The van der Waals surface area contributed by atoms with Gasteiger partial charge in [-0.3, -0.25) is 4.99 Å². The summed E-state index contributed by atoms with van der Waals surface area (Å²) in [6.07, 6.45) is 10.6. The van der Waals surface area contributed by atoms with Crippen LogP contribution in [0.5, 0.6) is 0 Å². The second kappa shape index (κ2) is 9.96. The highest BCUT2D eigenvalue weighted by atomic mass is 127. The fourth-order valence-corrected chi connectivity index (χ4v) is 1.17. The molecule has 2 N–H and O–H groups in total. The second-order valence-electron chi connectivity index (χ2n) is 3.12. The van der Waals surface area contributed by atoms with Crippen LogP contribution in [-0.4, -0.2) is 35.1 Å². The third-order valence-corrected chi connectivity index (χ3v) is 1.89. The van der Waals surface area contributed by atoms with Crippen LogP contribution in [0.4, 0.5) is 0 Å². The molecule has 0 spiro atoms. The van der Waals surface area contributed by atoms with E-state index in [9.17, 15) is 0 Å². The molecule has 1 heterocycles. The molecule has 1 rings (SSSR count). The molecule has 0 aliphatic carbocycles. The molecule has 0 saturated heterocycles. The average molecular weight is 347 g/mol. The molecule has 0 bridgehead atoms.